The SMILES string of the molecule is CCCOc1c(Cl)cc(C(=O)N2CC=CCC2)cc1OC. The topological polar surface area (TPSA) is 38.8 Å². The van der Waals surface area contributed by atoms with Crippen LogP contribution in [0.2, 0.25) is 5.02 Å². The van der Waals surface area contributed by atoms with Gasteiger partial charge >= 0.3 is 0 Å². The lowest BCUT2D eigenvalue weighted by Gasteiger charge is -2.24. The molecule has 5 heteroatoms. The van der Waals surface area contributed by atoms with Gasteiger partial charge in [-0.25, -0.2) is 0 Å². The summed E-state index contributed by atoms with van der Waals surface area (Å²) in [4.78, 5) is 14.3. The summed E-state index contributed by atoms with van der Waals surface area (Å²) in [6.45, 7) is 3.93. The second-order valence-electron chi connectivity index (χ2n) is 4.85. The fourth-order valence-corrected chi connectivity index (χ4v) is 2.46. The summed E-state index contributed by atoms with van der Waals surface area (Å²) in [5, 5.41) is 0.402. The van der Waals surface area contributed by atoms with Crippen molar-refractivity contribution in [2.24, 2.45) is 0 Å². The summed E-state index contributed by atoms with van der Waals surface area (Å²) in [5.41, 5.74) is 0.524. The molecule has 1 aliphatic heterocycles. The number of hydrogen-bond acceptors (Lipinski definition) is 3. The summed E-state index contributed by atoms with van der Waals surface area (Å²) in [5.74, 6) is 0.949. The van der Waals surface area contributed by atoms with Crippen molar-refractivity contribution in [3.63, 3.8) is 0 Å². The van der Waals surface area contributed by atoms with Crippen molar-refractivity contribution in [2.45, 2.75) is 19.8 Å². The zero-order valence-electron chi connectivity index (χ0n) is 12.4. The first kappa shape index (κ1) is 15.7. The Morgan fingerprint density at radius 3 is 2.81 bits per heavy atom. The molecule has 1 aromatic carbocycles. The smallest absolute Gasteiger partial charge is 0.254 e. The Hall–Kier alpha value is -1.68. The Bertz CT molecular complexity index is 543. The highest BCUT2D eigenvalue weighted by molar-refractivity contribution is 6.32. The van der Waals surface area contributed by atoms with E-state index in [-0.39, 0.29) is 5.91 Å². The number of nitrogens with zero attached hydrogens (tertiary/aromatic N) is 1. The van der Waals surface area contributed by atoms with Gasteiger partial charge in [-0.1, -0.05) is 30.7 Å². The Kier molecular flexibility index (Phi) is 5.51. The molecule has 0 atom stereocenters. The monoisotopic (exact) mass is 309 g/mol. The van der Waals surface area contributed by atoms with Gasteiger partial charge in [0.05, 0.1) is 18.7 Å². The average molecular weight is 310 g/mol. The summed E-state index contributed by atoms with van der Waals surface area (Å²) in [7, 11) is 1.54. The average Bonchev–Trinajstić information content (AvgIpc) is 2.53. The summed E-state index contributed by atoms with van der Waals surface area (Å²) in [6, 6.07) is 3.34. The van der Waals surface area contributed by atoms with Crippen LogP contribution in [-0.4, -0.2) is 37.6 Å². The number of rotatable bonds is 5. The molecule has 114 valence electrons. The molecule has 0 spiro atoms. The van der Waals surface area contributed by atoms with E-state index in [1.54, 1.807) is 24.1 Å². The van der Waals surface area contributed by atoms with Crippen molar-refractivity contribution in [2.75, 3.05) is 26.8 Å². The molecule has 0 bridgehead atoms. The van der Waals surface area contributed by atoms with Crippen LogP contribution in [0.25, 0.3) is 0 Å². The van der Waals surface area contributed by atoms with Crippen molar-refractivity contribution in [1.82, 2.24) is 4.90 Å². The number of benzene rings is 1. The number of hydrogen-bond donors (Lipinski definition) is 0. The lowest BCUT2D eigenvalue weighted by molar-refractivity contribution is 0.0770. The maximum absolute atomic E-state index is 12.5. The highest BCUT2D eigenvalue weighted by atomic mass is 35.5. The molecular weight excluding hydrogens is 290 g/mol. The Morgan fingerprint density at radius 1 is 1.38 bits per heavy atom. The largest absolute Gasteiger partial charge is 0.493 e. The minimum Gasteiger partial charge on any atom is -0.493 e. The zero-order chi connectivity index (χ0) is 15.2. The van der Waals surface area contributed by atoms with Gasteiger partial charge in [0.15, 0.2) is 11.5 Å². The second kappa shape index (κ2) is 7.36. The van der Waals surface area contributed by atoms with Crippen LogP contribution in [0.5, 0.6) is 11.5 Å². The lowest BCUT2D eigenvalue weighted by atomic mass is 10.1. The molecule has 2 rings (SSSR count). The van der Waals surface area contributed by atoms with Crippen LogP contribution in [0, 0.1) is 0 Å². The van der Waals surface area contributed by atoms with Gasteiger partial charge in [-0.2, -0.15) is 0 Å². The molecule has 1 aliphatic rings. The summed E-state index contributed by atoms with van der Waals surface area (Å²) < 4.78 is 10.9. The molecule has 0 N–H and O–H groups in total. The van der Waals surface area contributed by atoms with E-state index in [2.05, 4.69) is 6.08 Å². The van der Waals surface area contributed by atoms with Gasteiger partial charge in [-0.3, -0.25) is 4.79 Å². The van der Waals surface area contributed by atoms with Gasteiger partial charge in [-0.05, 0) is 25.0 Å². The van der Waals surface area contributed by atoms with E-state index < -0.39 is 0 Å². The highest BCUT2D eigenvalue weighted by Gasteiger charge is 2.20. The Balaban J connectivity index is 2.26. The van der Waals surface area contributed by atoms with E-state index in [0.717, 1.165) is 19.4 Å². The Labute approximate surface area is 130 Å². The zero-order valence-corrected chi connectivity index (χ0v) is 13.2. The molecule has 0 fully saturated rings. The first-order chi connectivity index (χ1) is 10.2. The number of carbonyl (C=O) groups excluding carboxylic acids is 1. The van der Waals surface area contributed by atoms with Crippen molar-refractivity contribution >= 4 is 17.5 Å². The molecule has 0 unspecified atom stereocenters. The number of methoxy groups -OCH3 is 1. The maximum Gasteiger partial charge on any atom is 0.254 e. The van der Waals surface area contributed by atoms with Crippen LogP contribution in [0.3, 0.4) is 0 Å². The quantitative estimate of drug-likeness (QED) is 0.781. The first-order valence-electron chi connectivity index (χ1n) is 7.12. The van der Waals surface area contributed by atoms with Gasteiger partial charge in [0.25, 0.3) is 5.91 Å². The molecule has 0 radical (unpaired) electrons. The van der Waals surface area contributed by atoms with E-state index in [0.29, 0.717) is 35.2 Å². The maximum atomic E-state index is 12.5. The number of carbonyl (C=O) groups is 1. The van der Waals surface area contributed by atoms with Crippen molar-refractivity contribution in [3.8, 4) is 11.5 Å². The highest BCUT2D eigenvalue weighted by Crippen LogP contribution is 2.36. The van der Waals surface area contributed by atoms with Crippen molar-refractivity contribution in [1.29, 1.82) is 0 Å². The third-order valence-electron chi connectivity index (χ3n) is 3.27. The van der Waals surface area contributed by atoms with Crippen LogP contribution >= 0.6 is 11.6 Å². The standard InChI is InChI=1S/C16H20ClNO3/c1-3-9-21-15-13(17)10-12(11-14(15)20-2)16(19)18-7-5-4-6-8-18/h4-5,10-11H,3,6-9H2,1-2H3. The van der Waals surface area contributed by atoms with Crippen LogP contribution in [0.15, 0.2) is 24.3 Å². The predicted molar refractivity (Wildman–Crippen MR) is 83.5 cm³/mol. The molecule has 0 saturated carbocycles. The Morgan fingerprint density at radius 2 is 2.19 bits per heavy atom. The van der Waals surface area contributed by atoms with Crippen molar-refractivity contribution in [3.05, 3.63) is 34.9 Å². The normalized spacial score (nSPS) is 14.1. The van der Waals surface area contributed by atoms with Gasteiger partial charge in [-0.15, -0.1) is 0 Å². The van der Waals surface area contributed by atoms with Crippen molar-refractivity contribution < 1.29 is 14.3 Å². The molecule has 1 aromatic rings. The molecule has 21 heavy (non-hydrogen) atoms. The van der Waals surface area contributed by atoms with Gasteiger partial charge in [0.1, 0.15) is 0 Å². The molecular formula is C16H20ClNO3. The van der Waals surface area contributed by atoms with Gasteiger partial charge in [0, 0.05) is 18.7 Å². The van der Waals surface area contributed by atoms with Crippen LogP contribution in [0.4, 0.5) is 0 Å². The second-order valence-corrected chi connectivity index (χ2v) is 5.26. The van der Waals surface area contributed by atoms with Crippen LogP contribution in [0.1, 0.15) is 30.1 Å². The predicted octanol–water partition coefficient (Wildman–Crippen LogP) is 3.54. The summed E-state index contributed by atoms with van der Waals surface area (Å²) in [6.07, 6.45) is 5.84. The molecule has 1 heterocycles. The van der Waals surface area contributed by atoms with E-state index in [1.807, 2.05) is 13.0 Å². The fraction of sp³-hybridized carbons (Fsp3) is 0.438. The third-order valence-corrected chi connectivity index (χ3v) is 3.55. The van der Waals surface area contributed by atoms with Crippen LogP contribution in [-0.2, 0) is 0 Å². The molecule has 0 saturated heterocycles. The van der Waals surface area contributed by atoms with E-state index in [4.69, 9.17) is 21.1 Å². The molecule has 0 aliphatic carbocycles. The summed E-state index contributed by atoms with van der Waals surface area (Å²) >= 11 is 6.24. The minimum atomic E-state index is -0.0402. The molecule has 0 aromatic heterocycles. The van der Waals surface area contributed by atoms with E-state index >= 15 is 0 Å². The first-order valence-corrected chi connectivity index (χ1v) is 7.49. The third kappa shape index (κ3) is 3.70. The van der Waals surface area contributed by atoms with E-state index in [1.165, 1.54) is 0 Å². The number of halogens is 1. The minimum absolute atomic E-state index is 0.0402. The van der Waals surface area contributed by atoms with E-state index in [9.17, 15) is 4.79 Å². The van der Waals surface area contributed by atoms with Gasteiger partial charge in [0.2, 0.25) is 0 Å². The number of ether oxygens (including phenoxy) is 2. The molecule has 4 nitrogen and oxygen atoms in total. The van der Waals surface area contributed by atoms with Crippen LogP contribution < -0.4 is 9.47 Å². The van der Waals surface area contributed by atoms with Gasteiger partial charge < -0.3 is 14.4 Å². The number of amides is 1. The lowest BCUT2D eigenvalue weighted by Crippen LogP contribution is -2.33. The fourth-order valence-electron chi connectivity index (χ4n) is 2.20. The molecule has 1 amide bonds.